The highest BCUT2D eigenvalue weighted by atomic mass is 16.5. The maximum absolute atomic E-state index is 11.8. The van der Waals surface area contributed by atoms with Gasteiger partial charge in [-0.25, -0.2) is 0 Å². The summed E-state index contributed by atoms with van der Waals surface area (Å²) in [4.78, 5) is 11.8. The van der Waals surface area contributed by atoms with Crippen LogP contribution in [-0.2, 0) is 11.3 Å². The number of hydrogen-bond acceptors (Lipinski definition) is 3. The van der Waals surface area contributed by atoms with Gasteiger partial charge >= 0.3 is 0 Å². The molecule has 0 aliphatic rings. The Morgan fingerprint density at radius 3 is 2.61 bits per heavy atom. The fraction of sp³-hybridized carbons (Fsp3) is 0.263. The Kier molecular flexibility index (Phi) is 6.19. The zero-order valence-corrected chi connectivity index (χ0v) is 13.2. The molecule has 23 heavy (non-hydrogen) atoms. The Bertz CT molecular complexity index is 687. The van der Waals surface area contributed by atoms with E-state index in [9.17, 15) is 4.79 Å². The minimum atomic E-state index is 0.00254. The Morgan fingerprint density at radius 2 is 1.91 bits per heavy atom. The lowest BCUT2D eigenvalue weighted by atomic mass is 10.1. The van der Waals surface area contributed by atoms with E-state index in [4.69, 9.17) is 10.00 Å². The number of aryl methyl sites for hydroxylation is 1. The fourth-order valence-corrected chi connectivity index (χ4v) is 2.12. The third kappa shape index (κ3) is 5.48. The molecule has 0 saturated carbocycles. The molecule has 0 atom stereocenters. The van der Waals surface area contributed by atoms with Crippen LogP contribution in [0.15, 0.2) is 48.5 Å². The minimum Gasteiger partial charge on any atom is -0.493 e. The number of nitrogens with one attached hydrogen (secondary N) is 1. The molecule has 4 nitrogen and oxygen atoms in total. The topological polar surface area (TPSA) is 62.1 Å². The van der Waals surface area contributed by atoms with Gasteiger partial charge in [-0.05, 0) is 42.7 Å². The lowest BCUT2D eigenvalue weighted by Crippen LogP contribution is -2.22. The second-order valence-corrected chi connectivity index (χ2v) is 5.30. The predicted octanol–water partition coefficient (Wildman–Crippen LogP) is 3.34. The number of carbonyl (C=O) groups is 1. The Labute approximate surface area is 136 Å². The Morgan fingerprint density at radius 1 is 1.17 bits per heavy atom. The zero-order valence-electron chi connectivity index (χ0n) is 13.2. The van der Waals surface area contributed by atoms with Gasteiger partial charge in [0.15, 0.2) is 0 Å². The summed E-state index contributed by atoms with van der Waals surface area (Å²) in [5.74, 6) is 0.869. The van der Waals surface area contributed by atoms with E-state index >= 15 is 0 Å². The monoisotopic (exact) mass is 308 g/mol. The van der Waals surface area contributed by atoms with Crippen molar-refractivity contribution in [1.82, 2.24) is 5.32 Å². The molecule has 2 rings (SSSR count). The van der Waals surface area contributed by atoms with Crippen molar-refractivity contribution in [1.29, 1.82) is 5.26 Å². The van der Waals surface area contributed by atoms with E-state index in [0.717, 1.165) is 16.9 Å². The van der Waals surface area contributed by atoms with Crippen LogP contribution in [0.25, 0.3) is 0 Å². The van der Waals surface area contributed by atoms with Gasteiger partial charge in [-0.15, -0.1) is 0 Å². The summed E-state index contributed by atoms with van der Waals surface area (Å²) in [6.07, 6.45) is 1.11. The van der Waals surface area contributed by atoms with E-state index in [1.807, 2.05) is 43.3 Å². The summed E-state index contributed by atoms with van der Waals surface area (Å²) in [7, 11) is 0. The van der Waals surface area contributed by atoms with Crippen molar-refractivity contribution in [2.75, 3.05) is 6.61 Å². The fourth-order valence-electron chi connectivity index (χ4n) is 2.12. The van der Waals surface area contributed by atoms with Crippen molar-refractivity contribution in [3.8, 4) is 11.8 Å². The molecule has 0 heterocycles. The van der Waals surface area contributed by atoms with Gasteiger partial charge in [-0.2, -0.15) is 5.26 Å². The van der Waals surface area contributed by atoms with E-state index in [-0.39, 0.29) is 5.91 Å². The predicted molar refractivity (Wildman–Crippen MR) is 88.9 cm³/mol. The smallest absolute Gasteiger partial charge is 0.220 e. The highest BCUT2D eigenvalue weighted by molar-refractivity contribution is 5.75. The van der Waals surface area contributed by atoms with Crippen LogP contribution in [0.3, 0.4) is 0 Å². The molecular weight excluding hydrogens is 288 g/mol. The van der Waals surface area contributed by atoms with Crippen LogP contribution in [0, 0.1) is 18.3 Å². The van der Waals surface area contributed by atoms with Crippen molar-refractivity contribution < 1.29 is 9.53 Å². The summed E-state index contributed by atoms with van der Waals surface area (Å²) >= 11 is 0. The molecule has 0 radical (unpaired) electrons. The molecule has 0 aliphatic carbocycles. The number of benzene rings is 2. The molecule has 2 aromatic rings. The number of ether oxygens (including phenoxy) is 1. The van der Waals surface area contributed by atoms with Gasteiger partial charge in [0.1, 0.15) is 5.75 Å². The van der Waals surface area contributed by atoms with E-state index in [1.165, 1.54) is 0 Å². The highest BCUT2D eigenvalue weighted by Gasteiger charge is 2.03. The Hall–Kier alpha value is -2.80. The number of nitriles is 1. The second-order valence-electron chi connectivity index (χ2n) is 5.30. The summed E-state index contributed by atoms with van der Waals surface area (Å²) < 4.78 is 5.66. The van der Waals surface area contributed by atoms with Gasteiger partial charge in [0.05, 0.1) is 18.2 Å². The van der Waals surface area contributed by atoms with E-state index < -0.39 is 0 Å². The van der Waals surface area contributed by atoms with Crippen LogP contribution in [0.4, 0.5) is 0 Å². The highest BCUT2D eigenvalue weighted by Crippen LogP contribution is 2.16. The first-order chi connectivity index (χ1) is 11.2. The van der Waals surface area contributed by atoms with Crippen LogP contribution in [-0.4, -0.2) is 12.5 Å². The van der Waals surface area contributed by atoms with Crippen LogP contribution in [0.5, 0.6) is 5.75 Å². The average Bonchev–Trinajstić information content (AvgIpc) is 2.59. The van der Waals surface area contributed by atoms with Crippen LogP contribution >= 0.6 is 0 Å². The maximum atomic E-state index is 11.8. The van der Waals surface area contributed by atoms with E-state index in [2.05, 4.69) is 11.4 Å². The first-order valence-corrected chi connectivity index (χ1v) is 7.63. The molecule has 0 bridgehead atoms. The minimum absolute atomic E-state index is 0.00254. The lowest BCUT2D eigenvalue weighted by Gasteiger charge is -2.09. The number of amides is 1. The first kappa shape index (κ1) is 16.6. The molecule has 4 heteroatoms. The molecule has 0 fully saturated rings. The second kappa shape index (κ2) is 8.60. The molecule has 2 aromatic carbocycles. The summed E-state index contributed by atoms with van der Waals surface area (Å²) in [6.45, 7) is 3.00. The number of carbonyl (C=O) groups excluding carboxylic acids is 1. The van der Waals surface area contributed by atoms with Crippen LogP contribution < -0.4 is 10.1 Å². The quantitative estimate of drug-likeness (QED) is 0.798. The normalized spacial score (nSPS) is 9.91. The van der Waals surface area contributed by atoms with Gasteiger partial charge in [0.2, 0.25) is 5.91 Å². The zero-order chi connectivity index (χ0) is 16.5. The van der Waals surface area contributed by atoms with E-state index in [0.29, 0.717) is 31.6 Å². The van der Waals surface area contributed by atoms with Crippen molar-refractivity contribution in [3.63, 3.8) is 0 Å². The lowest BCUT2D eigenvalue weighted by molar-refractivity contribution is -0.121. The van der Waals surface area contributed by atoms with Crippen molar-refractivity contribution >= 4 is 5.91 Å². The molecule has 0 aromatic heterocycles. The van der Waals surface area contributed by atoms with Gasteiger partial charge < -0.3 is 10.1 Å². The molecule has 1 amide bonds. The van der Waals surface area contributed by atoms with Crippen LogP contribution in [0.2, 0.25) is 0 Å². The maximum Gasteiger partial charge on any atom is 0.220 e. The van der Waals surface area contributed by atoms with Gasteiger partial charge in [-0.1, -0.05) is 30.3 Å². The SMILES string of the molecule is Cc1ccccc1OCCCC(=O)NCc1ccc(C#N)cc1. The van der Waals surface area contributed by atoms with Crippen molar-refractivity contribution in [2.24, 2.45) is 0 Å². The van der Waals surface area contributed by atoms with E-state index in [1.54, 1.807) is 12.1 Å². The number of hydrogen-bond donors (Lipinski definition) is 1. The van der Waals surface area contributed by atoms with Gasteiger partial charge in [0, 0.05) is 13.0 Å². The molecule has 0 saturated heterocycles. The van der Waals surface area contributed by atoms with Crippen molar-refractivity contribution in [3.05, 3.63) is 65.2 Å². The third-order valence-corrected chi connectivity index (χ3v) is 3.47. The molecular formula is C19H20N2O2. The summed E-state index contributed by atoms with van der Waals surface area (Å²) in [5, 5.41) is 11.6. The molecule has 0 spiro atoms. The Balaban J connectivity index is 1.65. The molecule has 118 valence electrons. The van der Waals surface area contributed by atoms with Crippen LogP contribution in [0.1, 0.15) is 29.5 Å². The van der Waals surface area contributed by atoms with Gasteiger partial charge in [0.25, 0.3) is 0 Å². The summed E-state index contributed by atoms with van der Waals surface area (Å²) in [5.41, 5.74) is 2.69. The number of rotatable bonds is 7. The standard InChI is InChI=1S/C19H20N2O2/c1-15-5-2-3-6-18(15)23-12-4-7-19(22)21-14-17-10-8-16(13-20)9-11-17/h2-3,5-6,8-11H,4,7,12,14H2,1H3,(H,21,22). The number of nitrogens with zero attached hydrogens (tertiary/aromatic N) is 1. The molecule has 0 unspecified atom stereocenters. The molecule has 1 N–H and O–H groups in total. The largest absolute Gasteiger partial charge is 0.493 e. The number of para-hydroxylation sites is 1. The van der Waals surface area contributed by atoms with Crippen molar-refractivity contribution in [2.45, 2.75) is 26.3 Å². The average molecular weight is 308 g/mol. The van der Waals surface area contributed by atoms with Gasteiger partial charge in [-0.3, -0.25) is 4.79 Å². The summed E-state index contributed by atoms with van der Waals surface area (Å²) in [6, 6.07) is 17.1. The third-order valence-electron chi connectivity index (χ3n) is 3.47. The molecule has 0 aliphatic heterocycles. The first-order valence-electron chi connectivity index (χ1n) is 7.63.